The molecule has 2 unspecified atom stereocenters. The highest BCUT2D eigenvalue weighted by Crippen LogP contribution is 2.44. The summed E-state index contributed by atoms with van der Waals surface area (Å²) < 4.78 is 39.9. The minimum absolute atomic E-state index is 0.0222. The first-order valence-corrected chi connectivity index (χ1v) is 13.1. The minimum atomic E-state index is -1.10. The molecule has 5 rings (SSSR count). The van der Waals surface area contributed by atoms with Gasteiger partial charge >= 0.3 is 0 Å². The number of thiazole rings is 1. The zero-order valence-electron chi connectivity index (χ0n) is 21.4. The van der Waals surface area contributed by atoms with Crippen molar-refractivity contribution in [2.24, 2.45) is 4.99 Å². The molecule has 3 aromatic rings. The van der Waals surface area contributed by atoms with Crippen LogP contribution in [0.4, 0.5) is 8.78 Å². The lowest BCUT2D eigenvalue weighted by Crippen LogP contribution is -2.37. The number of aryl methyl sites for hydroxylation is 1. The molecule has 0 bridgehead atoms. The fraction of sp³-hybridized carbons (Fsp3) is 0.286. The molecular formula is C28H25F2N3O5S. The van der Waals surface area contributed by atoms with Crippen molar-refractivity contribution in [2.75, 3.05) is 27.3 Å². The summed E-state index contributed by atoms with van der Waals surface area (Å²) in [6.07, 6.45) is 0.294. The molecule has 0 aliphatic carbocycles. The molecule has 2 aliphatic rings. The van der Waals surface area contributed by atoms with E-state index in [0.717, 1.165) is 0 Å². The second kappa shape index (κ2) is 10.6. The predicted octanol–water partition coefficient (Wildman–Crippen LogP) is 4.69. The molecule has 1 aromatic heterocycles. The first-order valence-electron chi connectivity index (χ1n) is 12.2. The molecule has 0 saturated carbocycles. The Kier molecular flexibility index (Phi) is 7.17. The monoisotopic (exact) mass is 553 g/mol. The second-order valence-corrected chi connectivity index (χ2v) is 10.1. The number of amides is 2. The van der Waals surface area contributed by atoms with E-state index in [-0.39, 0.29) is 24.4 Å². The maximum atomic E-state index is 14.4. The van der Waals surface area contributed by atoms with Gasteiger partial charge in [-0.05, 0) is 37.6 Å². The Morgan fingerprint density at radius 3 is 2.31 bits per heavy atom. The van der Waals surface area contributed by atoms with E-state index in [1.165, 1.54) is 48.7 Å². The van der Waals surface area contributed by atoms with Crippen molar-refractivity contribution in [3.63, 3.8) is 0 Å². The standard InChI is InChI=1S/C28H25F2N3O5S/c1-14-13-39-27(31-14)24-22(21-18(37-2)8-5-9-19(21)38-3)25(34)23(26(35)32-24)28(36)33-11-10-15(12-33)20-16(29)6-4-7-17(20)30/h4-9,13,15,22,34H,10-12H2,1-3H3. The number of halogens is 2. The van der Waals surface area contributed by atoms with Crippen LogP contribution in [0.5, 0.6) is 11.5 Å². The third-order valence-electron chi connectivity index (χ3n) is 6.93. The summed E-state index contributed by atoms with van der Waals surface area (Å²) in [6, 6.07) is 8.66. The Balaban J connectivity index is 1.58. The molecule has 2 atom stereocenters. The summed E-state index contributed by atoms with van der Waals surface area (Å²) >= 11 is 1.25. The van der Waals surface area contributed by atoms with Crippen molar-refractivity contribution >= 4 is 28.9 Å². The van der Waals surface area contributed by atoms with Crippen LogP contribution in [0.1, 0.15) is 40.1 Å². The van der Waals surface area contributed by atoms with E-state index < -0.39 is 46.6 Å². The van der Waals surface area contributed by atoms with E-state index in [2.05, 4.69) is 9.98 Å². The average Bonchev–Trinajstić information content (AvgIpc) is 3.57. The van der Waals surface area contributed by atoms with Crippen molar-refractivity contribution in [1.82, 2.24) is 9.88 Å². The van der Waals surface area contributed by atoms with Crippen molar-refractivity contribution in [2.45, 2.75) is 25.2 Å². The number of hydrogen-bond donors (Lipinski definition) is 1. The van der Waals surface area contributed by atoms with Crippen LogP contribution in [0.25, 0.3) is 0 Å². The lowest BCUT2D eigenvalue weighted by Gasteiger charge is -2.27. The highest BCUT2D eigenvalue weighted by Gasteiger charge is 2.43. The normalized spacial score (nSPS) is 19.4. The highest BCUT2D eigenvalue weighted by atomic mass is 32.1. The molecule has 0 radical (unpaired) electrons. The van der Waals surface area contributed by atoms with Gasteiger partial charge in [0.15, 0.2) is 0 Å². The molecule has 1 saturated heterocycles. The van der Waals surface area contributed by atoms with Crippen molar-refractivity contribution in [3.8, 4) is 11.5 Å². The van der Waals surface area contributed by atoms with E-state index in [9.17, 15) is 23.5 Å². The Morgan fingerprint density at radius 2 is 1.72 bits per heavy atom. The van der Waals surface area contributed by atoms with Gasteiger partial charge in [0.1, 0.15) is 39.5 Å². The van der Waals surface area contributed by atoms with Crippen LogP contribution in [0.2, 0.25) is 0 Å². The molecule has 39 heavy (non-hydrogen) atoms. The number of benzene rings is 2. The Hall–Kier alpha value is -4.12. The van der Waals surface area contributed by atoms with Gasteiger partial charge in [-0.3, -0.25) is 9.59 Å². The summed E-state index contributed by atoms with van der Waals surface area (Å²) in [6.45, 7) is 1.91. The molecule has 0 spiro atoms. The zero-order valence-corrected chi connectivity index (χ0v) is 22.2. The van der Waals surface area contributed by atoms with E-state index >= 15 is 0 Å². The summed E-state index contributed by atoms with van der Waals surface area (Å²) in [5.74, 6) is -4.60. The summed E-state index contributed by atoms with van der Waals surface area (Å²) in [5.41, 5.74) is 0.612. The number of hydrogen-bond acceptors (Lipinski definition) is 7. The first kappa shape index (κ1) is 26.5. The van der Waals surface area contributed by atoms with Gasteiger partial charge in [-0.15, -0.1) is 11.3 Å². The van der Waals surface area contributed by atoms with Gasteiger partial charge < -0.3 is 19.5 Å². The van der Waals surface area contributed by atoms with Crippen LogP contribution in [0.3, 0.4) is 0 Å². The zero-order chi connectivity index (χ0) is 27.8. The molecule has 1 fully saturated rings. The number of carbonyl (C=O) groups excluding carboxylic acids is 2. The number of aliphatic hydroxyl groups is 1. The van der Waals surface area contributed by atoms with Gasteiger partial charge in [0.2, 0.25) is 0 Å². The number of carbonyl (C=O) groups is 2. The van der Waals surface area contributed by atoms with Crippen LogP contribution in [-0.2, 0) is 9.59 Å². The number of rotatable bonds is 6. The van der Waals surface area contributed by atoms with Crippen LogP contribution < -0.4 is 9.47 Å². The quantitative estimate of drug-likeness (QED) is 0.445. The number of ether oxygens (including phenoxy) is 2. The molecule has 2 amide bonds. The lowest BCUT2D eigenvalue weighted by molar-refractivity contribution is -0.129. The van der Waals surface area contributed by atoms with E-state index in [0.29, 0.717) is 34.2 Å². The number of aliphatic hydroxyl groups excluding tert-OH is 1. The van der Waals surface area contributed by atoms with Gasteiger partial charge in [0.25, 0.3) is 11.8 Å². The molecule has 1 N–H and O–H groups in total. The van der Waals surface area contributed by atoms with E-state index in [4.69, 9.17) is 9.47 Å². The maximum Gasteiger partial charge on any atom is 0.286 e. The SMILES string of the molecule is COc1cccc(OC)c1C1C(c2nc(C)cs2)=NC(=O)C(C(=O)N2CCC(c3c(F)cccc3F)C2)=C1O. The molecular weight excluding hydrogens is 528 g/mol. The Morgan fingerprint density at radius 1 is 1.08 bits per heavy atom. The second-order valence-electron chi connectivity index (χ2n) is 9.24. The fourth-order valence-electron chi connectivity index (χ4n) is 5.13. The van der Waals surface area contributed by atoms with Crippen molar-refractivity contribution < 1.29 is 33.0 Å². The van der Waals surface area contributed by atoms with Crippen molar-refractivity contribution in [1.29, 1.82) is 0 Å². The smallest absolute Gasteiger partial charge is 0.286 e. The van der Waals surface area contributed by atoms with Gasteiger partial charge in [-0.2, -0.15) is 0 Å². The lowest BCUT2D eigenvalue weighted by atomic mass is 9.86. The number of allylic oxidation sites excluding steroid dienone is 1. The first-order chi connectivity index (χ1) is 18.7. The summed E-state index contributed by atoms with van der Waals surface area (Å²) in [5, 5.41) is 13.8. The van der Waals surface area contributed by atoms with Crippen molar-refractivity contribution in [3.05, 3.63) is 86.6 Å². The number of aliphatic imine (C=N–C) groups is 1. The maximum absolute atomic E-state index is 14.4. The average molecular weight is 554 g/mol. The topological polar surface area (TPSA) is 101 Å². The number of dihydropyridines is 1. The van der Waals surface area contributed by atoms with Crippen LogP contribution in [-0.4, -0.2) is 59.8 Å². The van der Waals surface area contributed by atoms with Gasteiger partial charge in [0.05, 0.1) is 31.4 Å². The fourth-order valence-corrected chi connectivity index (χ4v) is 5.95. The minimum Gasteiger partial charge on any atom is -0.510 e. The third-order valence-corrected chi connectivity index (χ3v) is 7.91. The largest absolute Gasteiger partial charge is 0.510 e. The van der Waals surface area contributed by atoms with Gasteiger partial charge in [-0.1, -0.05) is 12.1 Å². The molecule has 2 aliphatic heterocycles. The number of likely N-dealkylation sites (tertiary alicyclic amines) is 1. The number of methoxy groups -OCH3 is 2. The highest BCUT2D eigenvalue weighted by molar-refractivity contribution is 7.12. The van der Waals surface area contributed by atoms with Gasteiger partial charge in [-0.25, -0.2) is 18.8 Å². The number of aromatic nitrogens is 1. The summed E-state index contributed by atoms with van der Waals surface area (Å²) in [4.78, 5) is 36.9. The Bertz CT molecular complexity index is 1490. The van der Waals surface area contributed by atoms with Crippen LogP contribution >= 0.6 is 11.3 Å². The van der Waals surface area contributed by atoms with E-state index in [1.807, 2.05) is 0 Å². The predicted molar refractivity (Wildman–Crippen MR) is 141 cm³/mol. The molecule has 2 aromatic carbocycles. The summed E-state index contributed by atoms with van der Waals surface area (Å²) in [7, 11) is 2.91. The molecule has 3 heterocycles. The van der Waals surface area contributed by atoms with E-state index in [1.54, 1.807) is 30.5 Å². The Labute approximate surface area is 227 Å². The number of nitrogens with zero attached hydrogens (tertiary/aromatic N) is 3. The molecule has 202 valence electrons. The molecule has 8 nitrogen and oxygen atoms in total. The molecule has 11 heteroatoms. The van der Waals surface area contributed by atoms with Gasteiger partial charge in [0, 0.05) is 35.6 Å². The van der Waals surface area contributed by atoms with Crippen LogP contribution in [0, 0.1) is 18.6 Å². The third kappa shape index (κ3) is 4.67. The van der Waals surface area contributed by atoms with Crippen LogP contribution in [0.15, 0.2) is 58.1 Å².